The summed E-state index contributed by atoms with van der Waals surface area (Å²) in [6, 6.07) is 0. The smallest absolute Gasteiger partial charge is 0.303 e. The lowest BCUT2D eigenvalue weighted by Crippen LogP contribution is -2.45. The zero-order valence-corrected chi connectivity index (χ0v) is 12.2. The van der Waals surface area contributed by atoms with Crippen LogP contribution >= 0.6 is 0 Å². The first kappa shape index (κ1) is 13.4. The second-order valence-electron chi connectivity index (χ2n) is 7.89. The zero-order valence-electron chi connectivity index (χ0n) is 12.2. The van der Waals surface area contributed by atoms with Crippen molar-refractivity contribution in [2.75, 3.05) is 0 Å². The Bertz CT molecular complexity index is 539. The molecule has 4 aliphatic rings. The highest BCUT2D eigenvalue weighted by molar-refractivity contribution is 5.70. The van der Waals surface area contributed by atoms with Gasteiger partial charge in [0, 0.05) is 6.42 Å². The van der Waals surface area contributed by atoms with Gasteiger partial charge in [0.2, 0.25) is 0 Å². The lowest BCUT2D eigenvalue weighted by atomic mass is 9.56. The van der Waals surface area contributed by atoms with Gasteiger partial charge in [-0.3, -0.25) is 9.59 Å². The predicted octanol–water partition coefficient (Wildman–Crippen LogP) is 2.65. The minimum absolute atomic E-state index is 0.0325. The maximum Gasteiger partial charge on any atom is 0.303 e. The van der Waals surface area contributed by atoms with Crippen LogP contribution in [0.2, 0.25) is 0 Å². The molecule has 0 aromatic carbocycles. The van der Waals surface area contributed by atoms with E-state index in [1.54, 1.807) is 0 Å². The average molecular weight is 290 g/mol. The highest BCUT2D eigenvalue weighted by Gasteiger charge is 2.68. The SMILES string of the molecule is CC1(CC(=O)O)C(CC(=O)O)C2CC1C1C3C=CC(C3)C21. The Morgan fingerprint density at radius 1 is 1.10 bits per heavy atom. The van der Waals surface area contributed by atoms with Crippen molar-refractivity contribution in [2.24, 2.45) is 46.8 Å². The molecule has 21 heavy (non-hydrogen) atoms. The van der Waals surface area contributed by atoms with Gasteiger partial charge in [0.15, 0.2) is 0 Å². The van der Waals surface area contributed by atoms with E-state index in [4.69, 9.17) is 0 Å². The Labute approximate surface area is 124 Å². The van der Waals surface area contributed by atoms with Crippen LogP contribution < -0.4 is 0 Å². The van der Waals surface area contributed by atoms with E-state index < -0.39 is 11.9 Å². The zero-order chi connectivity index (χ0) is 14.9. The summed E-state index contributed by atoms with van der Waals surface area (Å²) in [5.41, 5.74) is -0.339. The molecule has 0 heterocycles. The molecule has 0 radical (unpaired) electrons. The van der Waals surface area contributed by atoms with E-state index >= 15 is 0 Å². The van der Waals surface area contributed by atoms with E-state index in [1.807, 2.05) is 6.92 Å². The Balaban J connectivity index is 1.71. The molecule has 0 aromatic heterocycles. The standard InChI is InChI=1S/C17H22O4/c1-17(7-14(20)21)11(6-13(18)19)10-5-12(17)16-9-3-2-8(4-9)15(10)16/h2-3,8-12,15-16H,4-7H2,1H3,(H,18,19)(H,20,21). The van der Waals surface area contributed by atoms with Crippen molar-refractivity contribution in [1.29, 1.82) is 0 Å². The molecule has 3 fully saturated rings. The molecule has 3 saturated carbocycles. The van der Waals surface area contributed by atoms with Gasteiger partial charge in [0.05, 0.1) is 6.42 Å². The highest BCUT2D eigenvalue weighted by Crippen LogP contribution is 2.73. The monoisotopic (exact) mass is 290 g/mol. The predicted molar refractivity (Wildman–Crippen MR) is 75.4 cm³/mol. The number of carboxylic acid groups (broad SMARTS) is 2. The Kier molecular flexibility index (Phi) is 2.61. The third-order valence-corrected chi connectivity index (χ3v) is 7.21. The second kappa shape index (κ2) is 4.11. The molecule has 8 atom stereocenters. The molecule has 4 heteroatoms. The number of rotatable bonds is 4. The normalized spacial score (nSPS) is 52.3. The van der Waals surface area contributed by atoms with Crippen LogP contribution in [0.15, 0.2) is 12.2 Å². The van der Waals surface area contributed by atoms with Crippen LogP contribution in [0, 0.1) is 46.8 Å². The minimum atomic E-state index is -0.782. The molecule has 0 aromatic rings. The summed E-state index contributed by atoms with van der Waals surface area (Å²) >= 11 is 0. The summed E-state index contributed by atoms with van der Waals surface area (Å²) in [5.74, 6) is 1.76. The van der Waals surface area contributed by atoms with Crippen LogP contribution in [0.4, 0.5) is 0 Å². The molecule has 4 nitrogen and oxygen atoms in total. The van der Waals surface area contributed by atoms with Crippen molar-refractivity contribution in [3.05, 3.63) is 12.2 Å². The van der Waals surface area contributed by atoms with Crippen molar-refractivity contribution < 1.29 is 19.8 Å². The van der Waals surface area contributed by atoms with Crippen LogP contribution in [-0.2, 0) is 9.59 Å². The van der Waals surface area contributed by atoms with Crippen molar-refractivity contribution in [2.45, 2.75) is 32.6 Å². The van der Waals surface area contributed by atoms with Crippen molar-refractivity contribution in [3.8, 4) is 0 Å². The van der Waals surface area contributed by atoms with Gasteiger partial charge in [0.1, 0.15) is 0 Å². The first-order valence-corrected chi connectivity index (χ1v) is 8.03. The molecule has 4 rings (SSSR count). The molecular formula is C17H22O4. The Morgan fingerprint density at radius 3 is 2.38 bits per heavy atom. The number of hydrogen-bond donors (Lipinski definition) is 2. The van der Waals surface area contributed by atoms with Gasteiger partial charge in [-0.1, -0.05) is 19.1 Å². The number of aliphatic carboxylic acids is 2. The molecule has 114 valence electrons. The minimum Gasteiger partial charge on any atom is -0.481 e. The summed E-state index contributed by atoms with van der Waals surface area (Å²) in [5, 5.41) is 18.6. The lowest BCUT2D eigenvalue weighted by Gasteiger charge is -2.48. The van der Waals surface area contributed by atoms with E-state index in [2.05, 4.69) is 12.2 Å². The van der Waals surface area contributed by atoms with Crippen LogP contribution in [0.25, 0.3) is 0 Å². The van der Waals surface area contributed by atoms with Crippen LogP contribution in [0.1, 0.15) is 32.6 Å². The number of carbonyl (C=O) groups is 2. The quantitative estimate of drug-likeness (QED) is 0.616. The molecule has 2 N–H and O–H groups in total. The fourth-order valence-electron chi connectivity index (χ4n) is 6.74. The van der Waals surface area contributed by atoms with Gasteiger partial charge in [0.25, 0.3) is 0 Å². The second-order valence-corrected chi connectivity index (χ2v) is 7.89. The van der Waals surface area contributed by atoms with E-state index in [9.17, 15) is 19.8 Å². The van der Waals surface area contributed by atoms with Gasteiger partial charge in [-0.15, -0.1) is 0 Å². The van der Waals surface area contributed by atoms with E-state index in [1.165, 1.54) is 6.42 Å². The van der Waals surface area contributed by atoms with Crippen molar-refractivity contribution in [3.63, 3.8) is 0 Å². The highest BCUT2D eigenvalue weighted by atomic mass is 16.4. The molecule has 8 unspecified atom stereocenters. The van der Waals surface area contributed by atoms with Gasteiger partial charge in [-0.2, -0.15) is 0 Å². The maximum atomic E-state index is 11.4. The van der Waals surface area contributed by atoms with Crippen LogP contribution in [0.5, 0.6) is 0 Å². The largest absolute Gasteiger partial charge is 0.481 e. The summed E-state index contributed by atoms with van der Waals surface area (Å²) < 4.78 is 0. The first-order chi connectivity index (χ1) is 9.91. The van der Waals surface area contributed by atoms with Crippen molar-refractivity contribution >= 4 is 11.9 Å². The Hall–Kier alpha value is -1.32. The molecule has 0 amide bonds. The van der Waals surface area contributed by atoms with Gasteiger partial charge >= 0.3 is 11.9 Å². The fourth-order valence-corrected chi connectivity index (χ4v) is 6.74. The summed E-state index contributed by atoms with van der Waals surface area (Å²) in [6.07, 6.45) is 7.18. The van der Waals surface area contributed by atoms with Gasteiger partial charge < -0.3 is 10.2 Å². The van der Waals surface area contributed by atoms with Crippen molar-refractivity contribution in [1.82, 2.24) is 0 Å². The summed E-state index contributed by atoms with van der Waals surface area (Å²) in [4.78, 5) is 22.7. The third kappa shape index (κ3) is 1.62. The molecule has 0 aliphatic heterocycles. The number of carboxylic acids is 2. The summed E-state index contributed by atoms with van der Waals surface area (Å²) in [6.45, 7) is 2.05. The van der Waals surface area contributed by atoms with Crippen LogP contribution in [-0.4, -0.2) is 22.2 Å². The summed E-state index contributed by atoms with van der Waals surface area (Å²) in [7, 11) is 0. The van der Waals surface area contributed by atoms with Crippen LogP contribution in [0.3, 0.4) is 0 Å². The third-order valence-electron chi connectivity index (χ3n) is 7.21. The van der Waals surface area contributed by atoms with E-state index in [-0.39, 0.29) is 24.2 Å². The average Bonchev–Trinajstić information content (AvgIpc) is 3.08. The van der Waals surface area contributed by atoms with Gasteiger partial charge in [-0.25, -0.2) is 0 Å². The van der Waals surface area contributed by atoms with E-state index in [0.29, 0.717) is 35.5 Å². The maximum absolute atomic E-state index is 11.4. The first-order valence-electron chi connectivity index (χ1n) is 8.03. The molecule has 4 bridgehead atoms. The molecule has 0 saturated heterocycles. The fraction of sp³-hybridized carbons (Fsp3) is 0.765. The number of allylic oxidation sites excluding steroid dienone is 2. The molecular weight excluding hydrogens is 268 g/mol. The van der Waals surface area contributed by atoms with Gasteiger partial charge in [-0.05, 0) is 59.7 Å². The van der Waals surface area contributed by atoms with E-state index in [0.717, 1.165) is 6.42 Å². The number of fused-ring (bicyclic) bond motifs is 9. The molecule has 4 aliphatic carbocycles. The molecule has 0 spiro atoms. The Morgan fingerprint density at radius 2 is 1.76 bits per heavy atom. The topological polar surface area (TPSA) is 74.6 Å². The lowest BCUT2D eigenvalue weighted by molar-refractivity contribution is -0.148. The number of hydrogen-bond acceptors (Lipinski definition) is 2.